The van der Waals surface area contributed by atoms with Crippen LogP contribution in [-0.4, -0.2) is 75.3 Å². The van der Waals surface area contributed by atoms with E-state index in [0.717, 1.165) is 25.7 Å². The molecule has 0 spiro atoms. The van der Waals surface area contributed by atoms with E-state index in [9.17, 15) is 19.4 Å². The van der Waals surface area contributed by atoms with Gasteiger partial charge in [-0.15, -0.1) is 0 Å². The third-order valence-electron chi connectivity index (χ3n) is 9.22. The van der Waals surface area contributed by atoms with Crippen molar-refractivity contribution in [3.63, 3.8) is 0 Å². The van der Waals surface area contributed by atoms with E-state index < -0.39 is 26.0 Å². The Morgan fingerprint density at radius 1 is 0.679 bits per heavy atom. The van der Waals surface area contributed by atoms with Crippen LogP contribution in [0.2, 0.25) is 0 Å². The number of hydrogen-bond acceptors (Lipinski definition) is 8. The van der Waals surface area contributed by atoms with E-state index in [1.165, 1.54) is 103 Å². The highest BCUT2D eigenvalue weighted by atomic mass is 31.2. The molecule has 0 bridgehead atoms. The molecule has 0 aliphatic heterocycles. The molecule has 0 rings (SSSR count). The first-order valence-corrected chi connectivity index (χ1v) is 23.6. The zero-order valence-corrected chi connectivity index (χ0v) is 37.3. The first-order chi connectivity index (χ1) is 27.0. The highest BCUT2D eigenvalue weighted by molar-refractivity contribution is 7.45. The summed E-state index contributed by atoms with van der Waals surface area (Å²) in [6, 6.07) is 0. The number of carbonyl (C=O) groups is 1. The third kappa shape index (κ3) is 41.6. The van der Waals surface area contributed by atoms with Crippen LogP contribution < -0.4 is 4.89 Å². The zero-order chi connectivity index (χ0) is 41.4. The molecule has 0 aromatic carbocycles. The largest absolute Gasteiger partial charge is 0.756 e. The van der Waals surface area contributed by atoms with Gasteiger partial charge >= 0.3 is 5.97 Å². The van der Waals surface area contributed by atoms with E-state index in [4.69, 9.17) is 18.5 Å². The van der Waals surface area contributed by atoms with E-state index in [2.05, 4.69) is 32.1 Å². The number of likely N-dealkylation sites (N-methyl/N-ethyl adjacent to an activating group) is 1. The number of hydrogen-bond donors (Lipinski definition) is 1. The fourth-order valence-electron chi connectivity index (χ4n) is 5.70. The van der Waals surface area contributed by atoms with Gasteiger partial charge < -0.3 is 33.0 Å². The van der Waals surface area contributed by atoms with Gasteiger partial charge in [0.1, 0.15) is 19.8 Å². The molecule has 0 amide bonds. The van der Waals surface area contributed by atoms with Gasteiger partial charge in [-0.25, -0.2) is 0 Å². The van der Waals surface area contributed by atoms with E-state index >= 15 is 0 Å². The second-order valence-electron chi connectivity index (χ2n) is 16.0. The van der Waals surface area contributed by atoms with E-state index in [1.807, 2.05) is 51.5 Å². The molecule has 0 fully saturated rings. The van der Waals surface area contributed by atoms with Gasteiger partial charge in [0.15, 0.2) is 6.10 Å². The number of ether oxygens (including phenoxy) is 2. The monoisotopic (exact) mass is 810 g/mol. The number of nitrogens with zero attached hydrogens (tertiary/aromatic N) is 1. The van der Waals surface area contributed by atoms with Crippen LogP contribution in [0.4, 0.5) is 0 Å². The van der Waals surface area contributed by atoms with Gasteiger partial charge in [-0.2, -0.15) is 0 Å². The molecular formula is C46H84NO8P. The quantitative estimate of drug-likeness (QED) is 0.0124. The Bertz CT molecular complexity index is 1100. The Balaban J connectivity index is 4.48. The predicted octanol–water partition coefficient (Wildman–Crippen LogP) is 11.6. The van der Waals surface area contributed by atoms with Crippen LogP contribution in [0.3, 0.4) is 0 Å². The number of esters is 1. The SMILES string of the molecule is CCCCC/C=C\C/C=C\CC(O)/C=C\C=C\CCCC(=O)O[C@H](CO/C=C/CCCCCCCCCCCCCCCC)COP(=O)([O-])OCC[N+](C)(C)C. The summed E-state index contributed by atoms with van der Waals surface area (Å²) in [6.45, 7) is 4.53. The minimum absolute atomic E-state index is 0.0108. The van der Waals surface area contributed by atoms with Crippen molar-refractivity contribution in [2.24, 2.45) is 0 Å². The van der Waals surface area contributed by atoms with Gasteiger partial charge in [-0.1, -0.05) is 159 Å². The molecule has 0 saturated carbocycles. The van der Waals surface area contributed by atoms with Gasteiger partial charge in [0.2, 0.25) is 0 Å². The summed E-state index contributed by atoms with van der Waals surface area (Å²) >= 11 is 0. The summed E-state index contributed by atoms with van der Waals surface area (Å²) < 4.78 is 34.2. The minimum Gasteiger partial charge on any atom is -0.756 e. The molecule has 3 atom stereocenters. The maximum atomic E-state index is 12.6. The number of carbonyl (C=O) groups excluding carboxylic acids is 1. The van der Waals surface area contributed by atoms with Gasteiger partial charge in [-0.05, 0) is 57.4 Å². The number of aliphatic hydroxyl groups is 1. The standard InChI is InChI=1S/C46H84NO8P/c1-6-8-10-12-14-16-17-18-19-20-21-22-24-26-31-35-40-52-42-45(43-54-56(50,51)53-41-39-47(3,4)5)55-46(49)38-34-30-27-29-33-37-44(48)36-32-28-25-23-15-13-11-9-7-2/h15,23,27-29,32-33,35,37,40,44-45,48H,6-14,16-22,24-26,30-31,34,36,38-39,41-43H2,1-5H3/b23-15-,29-27+,32-28-,37-33-,40-35+/t44?,45-/m1/s1. The van der Waals surface area contributed by atoms with Crippen molar-refractivity contribution < 1.29 is 42.4 Å². The first kappa shape index (κ1) is 54.0. The van der Waals surface area contributed by atoms with E-state index in [0.29, 0.717) is 30.3 Å². The van der Waals surface area contributed by atoms with Crippen molar-refractivity contribution >= 4 is 13.8 Å². The minimum atomic E-state index is -4.58. The van der Waals surface area contributed by atoms with Crippen molar-refractivity contribution in [2.75, 3.05) is 47.5 Å². The molecule has 56 heavy (non-hydrogen) atoms. The molecule has 0 heterocycles. The molecular weight excluding hydrogens is 725 g/mol. The van der Waals surface area contributed by atoms with E-state index in [1.54, 1.807) is 12.3 Å². The molecule has 0 radical (unpaired) electrons. The molecule has 0 aliphatic rings. The molecule has 0 aliphatic carbocycles. The summed E-state index contributed by atoms with van der Waals surface area (Å²) in [6.07, 6.45) is 45.0. The molecule has 0 saturated heterocycles. The first-order valence-electron chi connectivity index (χ1n) is 22.2. The summed E-state index contributed by atoms with van der Waals surface area (Å²) in [4.78, 5) is 25.0. The number of allylic oxidation sites excluding steroid dienone is 7. The molecule has 10 heteroatoms. The van der Waals surface area contributed by atoms with Gasteiger partial charge in [-0.3, -0.25) is 9.36 Å². The molecule has 2 unspecified atom stereocenters. The third-order valence-corrected chi connectivity index (χ3v) is 10.2. The lowest BCUT2D eigenvalue weighted by molar-refractivity contribution is -0.870. The van der Waals surface area contributed by atoms with Gasteiger partial charge in [0.05, 0.1) is 40.1 Å². The van der Waals surface area contributed by atoms with Crippen LogP contribution in [-0.2, 0) is 27.9 Å². The number of quaternary nitrogens is 1. The lowest BCUT2D eigenvalue weighted by Crippen LogP contribution is -2.37. The Morgan fingerprint density at radius 2 is 1.23 bits per heavy atom. The van der Waals surface area contributed by atoms with Crippen molar-refractivity contribution in [3.8, 4) is 0 Å². The molecule has 0 aromatic heterocycles. The Hall–Kier alpha value is -2.00. The second kappa shape index (κ2) is 38.5. The Kier molecular flexibility index (Phi) is 37.1. The lowest BCUT2D eigenvalue weighted by atomic mass is 10.0. The van der Waals surface area contributed by atoms with Crippen molar-refractivity contribution in [1.82, 2.24) is 0 Å². The average molecular weight is 810 g/mol. The topological polar surface area (TPSA) is 114 Å². The Morgan fingerprint density at radius 3 is 1.88 bits per heavy atom. The fraction of sp³-hybridized carbons (Fsp3) is 0.761. The number of aliphatic hydroxyl groups excluding tert-OH is 1. The number of unbranched alkanes of at least 4 members (excludes halogenated alkanes) is 18. The van der Waals surface area contributed by atoms with E-state index in [-0.39, 0.29) is 26.2 Å². The van der Waals surface area contributed by atoms with Gasteiger partial charge in [0.25, 0.3) is 7.82 Å². The molecule has 9 nitrogen and oxygen atoms in total. The lowest BCUT2D eigenvalue weighted by Gasteiger charge is -2.28. The van der Waals surface area contributed by atoms with Crippen LogP contribution >= 0.6 is 7.82 Å². The predicted molar refractivity (Wildman–Crippen MR) is 232 cm³/mol. The summed E-state index contributed by atoms with van der Waals surface area (Å²) in [5, 5.41) is 10.2. The number of rotatable bonds is 40. The normalized spacial score (nSPS) is 14.8. The number of phosphoric acid groups is 1. The zero-order valence-electron chi connectivity index (χ0n) is 36.4. The van der Waals surface area contributed by atoms with Gasteiger partial charge in [0, 0.05) is 6.42 Å². The average Bonchev–Trinajstić information content (AvgIpc) is 3.14. The maximum absolute atomic E-state index is 12.6. The summed E-state index contributed by atoms with van der Waals surface area (Å²) in [5.74, 6) is -0.456. The molecule has 0 aromatic rings. The van der Waals surface area contributed by atoms with Crippen LogP contribution in [0.1, 0.15) is 168 Å². The Labute approximate surface area is 343 Å². The van der Waals surface area contributed by atoms with Crippen molar-refractivity contribution in [3.05, 3.63) is 60.9 Å². The van der Waals surface area contributed by atoms with Crippen molar-refractivity contribution in [2.45, 2.75) is 180 Å². The smallest absolute Gasteiger partial charge is 0.306 e. The highest BCUT2D eigenvalue weighted by Crippen LogP contribution is 2.38. The highest BCUT2D eigenvalue weighted by Gasteiger charge is 2.20. The number of phosphoric ester groups is 1. The van der Waals surface area contributed by atoms with Crippen LogP contribution in [0, 0.1) is 0 Å². The van der Waals surface area contributed by atoms with Crippen LogP contribution in [0.25, 0.3) is 0 Å². The molecule has 326 valence electrons. The second-order valence-corrected chi connectivity index (χ2v) is 17.4. The molecule has 1 N–H and O–H groups in total. The fourth-order valence-corrected chi connectivity index (χ4v) is 6.43. The summed E-state index contributed by atoms with van der Waals surface area (Å²) in [5.41, 5.74) is 0. The van der Waals surface area contributed by atoms with Crippen molar-refractivity contribution in [1.29, 1.82) is 0 Å². The maximum Gasteiger partial charge on any atom is 0.306 e. The summed E-state index contributed by atoms with van der Waals surface area (Å²) in [7, 11) is 1.23. The van der Waals surface area contributed by atoms with Crippen LogP contribution in [0.5, 0.6) is 0 Å². The van der Waals surface area contributed by atoms with Crippen LogP contribution in [0.15, 0.2) is 60.9 Å².